The fraction of sp³-hybridized carbons (Fsp3) is 0.0833. The van der Waals surface area contributed by atoms with Crippen molar-refractivity contribution in [3.63, 3.8) is 0 Å². The molecular formula is C12H8BrN3O5. The molecule has 0 aliphatic carbocycles. The minimum atomic E-state index is -0.830. The third-order valence-electron chi connectivity index (χ3n) is 2.38. The molecule has 0 saturated heterocycles. The molecule has 1 heterocycles. The first-order valence-electron chi connectivity index (χ1n) is 5.53. The number of ether oxygens (including phenoxy) is 2. The first-order valence-corrected chi connectivity index (χ1v) is 6.32. The molecule has 0 amide bonds. The number of hydrogen-bond donors (Lipinski definition) is 0. The van der Waals surface area contributed by atoms with Gasteiger partial charge < -0.3 is 9.47 Å². The third-order valence-corrected chi connectivity index (χ3v) is 2.79. The van der Waals surface area contributed by atoms with Crippen molar-refractivity contribution in [1.29, 1.82) is 0 Å². The molecule has 0 aliphatic rings. The van der Waals surface area contributed by atoms with Crippen LogP contribution in [0.2, 0.25) is 0 Å². The summed E-state index contributed by atoms with van der Waals surface area (Å²) >= 11 is 3.18. The Morgan fingerprint density at radius 2 is 2.00 bits per heavy atom. The van der Waals surface area contributed by atoms with E-state index in [4.69, 9.17) is 4.74 Å². The zero-order valence-electron chi connectivity index (χ0n) is 10.6. The standard InChI is InChI=1S/C12H8BrN3O5/c1-20-11(17)9-4-8(2-3-10(9)16(18)19)21-12-14-5-7(13)6-15-12/h2-6H,1H3. The Hall–Kier alpha value is -2.55. The Bertz CT molecular complexity index is 690. The second-order valence-electron chi connectivity index (χ2n) is 3.71. The van der Waals surface area contributed by atoms with Crippen molar-refractivity contribution in [2.75, 3.05) is 7.11 Å². The highest BCUT2D eigenvalue weighted by atomic mass is 79.9. The van der Waals surface area contributed by atoms with Gasteiger partial charge in [0.15, 0.2) is 0 Å². The summed E-state index contributed by atoms with van der Waals surface area (Å²) in [6.07, 6.45) is 2.96. The van der Waals surface area contributed by atoms with E-state index in [1.807, 2.05) is 0 Å². The first-order chi connectivity index (χ1) is 10.0. The second kappa shape index (κ2) is 6.27. The van der Waals surface area contributed by atoms with Crippen LogP contribution in [-0.4, -0.2) is 28.0 Å². The summed E-state index contributed by atoms with van der Waals surface area (Å²) in [5.74, 6) is -0.646. The van der Waals surface area contributed by atoms with E-state index in [9.17, 15) is 14.9 Å². The van der Waals surface area contributed by atoms with E-state index in [0.29, 0.717) is 4.47 Å². The van der Waals surface area contributed by atoms with Gasteiger partial charge in [-0.1, -0.05) is 0 Å². The molecule has 0 N–H and O–H groups in total. The van der Waals surface area contributed by atoms with Gasteiger partial charge in [-0.25, -0.2) is 14.8 Å². The molecular weight excluding hydrogens is 346 g/mol. The molecule has 1 aromatic carbocycles. The molecule has 0 saturated carbocycles. The fourth-order valence-corrected chi connectivity index (χ4v) is 1.67. The number of carbonyl (C=O) groups excluding carboxylic acids is 1. The fourth-order valence-electron chi connectivity index (χ4n) is 1.47. The SMILES string of the molecule is COC(=O)c1cc(Oc2ncc(Br)cn2)ccc1[N+](=O)[O-]. The largest absolute Gasteiger partial charge is 0.465 e. The van der Waals surface area contributed by atoms with Gasteiger partial charge in [-0.15, -0.1) is 0 Å². The summed E-state index contributed by atoms with van der Waals surface area (Å²) in [6, 6.07) is 3.74. The Morgan fingerprint density at radius 3 is 2.57 bits per heavy atom. The highest BCUT2D eigenvalue weighted by molar-refractivity contribution is 9.10. The Morgan fingerprint density at radius 1 is 1.33 bits per heavy atom. The lowest BCUT2D eigenvalue weighted by Crippen LogP contribution is -2.06. The van der Waals surface area contributed by atoms with Crippen molar-refractivity contribution in [3.05, 3.63) is 50.7 Å². The van der Waals surface area contributed by atoms with Crippen LogP contribution in [0.4, 0.5) is 5.69 Å². The van der Waals surface area contributed by atoms with Crippen molar-refractivity contribution in [2.45, 2.75) is 0 Å². The zero-order chi connectivity index (χ0) is 15.4. The summed E-state index contributed by atoms with van der Waals surface area (Å²) in [7, 11) is 1.14. The topological polar surface area (TPSA) is 104 Å². The number of esters is 1. The second-order valence-corrected chi connectivity index (χ2v) is 4.63. The maximum atomic E-state index is 11.6. The molecule has 0 bridgehead atoms. The number of nitro benzene ring substituents is 1. The van der Waals surface area contributed by atoms with Gasteiger partial charge in [0.25, 0.3) is 5.69 Å². The minimum Gasteiger partial charge on any atom is -0.465 e. The average molecular weight is 354 g/mol. The highest BCUT2D eigenvalue weighted by Gasteiger charge is 2.22. The third kappa shape index (κ3) is 3.51. The van der Waals surface area contributed by atoms with Crippen LogP contribution >= 0.6 is 15.9 Å². The van der Waals surface area contributed by atoms with E-state index >= 15 is 0 Å². The lowest BCUT2D eigenvalue weighted by Gasteiger charge is -2.06. The normalized spacial score (nSPS) is 10.0. The molecule has 0 aliphatic heterocycles. The number of hydrogen-bond acceptors (Lipinski definition) is 7. The molecule has 21 heavy (non-hydrogen) atoms. The van der Waals surface area contributed by atoms with Gasteiger partial charge in [0.05, 0.1) is 16.5 Å². The van der Waals surface area contributed by atoms with Gasteiger partial charge in [-0.05, 0) is 22.0 Å². The molecule has 0 radical (unpaired) electrons. The van der Waals surface area contributed by atoms with Gasteiger partial charge in [-0.2, -0.15) is 0 Å². The van der Waals surface area contributed by atoms with Gasteiger partial charge >= 0.3 is 12.0 Å². The van der Waals surface area contributed by atoms with Crippen molar-refractivity contribution in [1.82, 2.24) is 9.97 Å². The van der Waals surface area contributed by atoms with Crippen molar-refractivity contribution in [3.8, 4) is 11.8 Å². The number of halogens is 1. The molecule has 0 atom stereocenters. The lowest BCUT2D eigenvalue weighted by molar-refractivity contribution is -0.385. The summed E-state index contributed by atoms with van der Waals surface area (Å²) in [6.45, 7) is 0. The maximum absolute atomic E-state index is 11.6. The van der Waals surface area contributed by atoms with Gasteiger partial charge in [0, 0.05) is 24.5 Å². The van der Waals surface area contributed by atoms with Crippen LogP contribution in [0, 0.1) is 10.1 Å². The van der Waals surface area contributed by atoms with Gasteiger partial charge in [-0.3, -0.25) is 10.1 Å². The summed E-state index contributed by atoms with van der Waals surface area (Å²) < 4.78 is 10.5. The number of carbonyl (C=O) groups is 1. The van der Waals surface area contributed by atoms with Gasteiger partial charge in [0.2, 0.25) is 0 Å². The van der Waals surface area contributed by atoms with E-state index in [1.54, 1.807) is 0 Å². The number of benzene rings is 1. The summed E-state index contributed by atoms with van der Waals surface area (Å²) in [5.41, 5.74) is -0.581. The van der Waals surface area contributed by atoms with E-state index in [-0.39, 0.29) is 23.0 Å². The predicted octanol–water partition coefficient (Wildman–Crippen LogP) is 2.73. The predicted molar refractivity (Wildman–Crippen MR) is 74.2 cm³/mol. The summed E-state index contributed by atoms with van der Waals surface area (Å²) in [5, 5.41) is 10.9. The van der Waals surface area contributed by atoms with Crippen LogP contribution in [0.3, 0.4) is 0 Å². The molecule has 0 spiro atoms. The monoisotopic (exact) mass is 353 g/mol. The molecule has 1 aromatic heterocycles. The van der Waals surface area contributed by atoms with E-state index < -0.39 is 10.9 Å². The number of rotatable bonds is 4. The Balaban J connectivity index is 2.35. The average Bonchev–Trinajstić information content (AvgIpc) is 2.48. The van der Waals surface area contributed by atoms with Crippen molar-refractivity contribution < 1.29 is 19.2 Å². The van der Waals surface area contributed by atoms with Crippen molar-refractivity contribution in [2.24, 2.45) is 0 Å². The molecule has 2 aromatic rings. The zero-order valence-corrected chi connectivity index (χ0v) is 12.2. The van der Waals surface area contributed by atoms with Gasteiger partial charge in [0.1, 0.15) is 11.3 Å². The van der Waals surface area contributed by atoms with Crippen LogP contribution in [0.25, 0.3) is 0 Å². The van der Waals surface area contributed by atoms with Crippen molar-refractivity contribution >= 4 is 27.6 Å². The maximum Gasteiger partial charge on any atom is 0.345 e. The number of aromatic nitrogens is 2. The number of nitrogens with zero attached hydrogens (tertiary/aromatic N) is 3. The quantitative estimate of drug-likeness (QED) is 0.472. The van der Waals surface area contributed by atoms with E-state index in [0.717, 1.165) is 13.2 Å². The van der Waals surface area contributed by atoms with Crippen LogP contribution in [0.1, 0.15) is 10.4 Å². The van der Waals surface area contributed by atoms with Crippen LogP contribution in [0.15, 0.2) is 35.1 Å². The lowest BCUT2D eigenvalue weighted by atomic mass is 10.1. The van der Waals surface area contributed by atoms with Crippen LogP contribution in [-0.2, 0) is 4.74 Å². The Kier molecular flexibility index (Phi) is 4.43. The minimum absolute atomic E-state index is 0.0443. The molecule has 9 heteroatoms. The van der Waals surface area contributed by atoms with Crippen LogP contribution < -0.4 is 4.74 Å². The van der Waals surface area contributed by atoms with E-state index in [2.05, 4.69) is 30.6 Å². The highest BCUT2D eigenvalue weighted by Crippen LogP contribution is 2.27. The molecule has 0 fully saturated rings. The molecule has 0 unspecified atom stereocenters. The Labute approximate surface area is 127 Å². The molecule has 8 nitrogen and oxygen atoms in total. The molecule has 2 rings (SSSR count). The smallest absolute Gasteiger partial charge is 0.345 e. The molecule has 108 valence electrons. The first kappa shape index (κ1) is 14.9. The number of nitro groups is 1. The van der Waals surface area contributed by atoms with Crippen LogP contribution in [0.5, 0.6) is 11.8 Å². The van der Waals surface area contributed by atoms with E-state index in [1.165, 1.54) is 24.5 Å². The summed E-state index contributed by atoms with van der Waals surface area (Å²) in [4.78, 5) is 29.6. The number of methoxy groups -OCH3 is 1.